The second-order valence-corrected chi connectivity index (χ2v) is 4.67. The molecule has 0 aliphatic rings. The van der Waals surface area contributed by atoms with Crippen LogP contribution in [0.2, 0.25) is 0 Å². The lowest BCUT2D eigenvalue weighted by Crippen LogP contribution is -2.25. The third-order valence-corrected chi connectivity index (χ3v) is 2.99. The summed E-state index contributed by atoms with van der Waals surface area (Å²) >= 11 is 0. The first-order valence-corrected chi connectivity index (χ1v) is 6.22. The zero-order valence-electron chi connectivity index (χ0n) is 11.9. The van der Waals surface area contributed by atoms with E-state index >= 15 is 0 Å². The fourth-order valence-electron chi connectivity index (χ4n) is 2.07. The topological polar surface area (TPSA) is 65.7 Å². The largest absolute Gasteiger partial charge is 0.478 e. The Morgan fingerprint density at radius 2 is 1.95 bits per heavy atom. The van der Waals surface area contributed by atoms with Crippen molar-refractivity contribution in [3.63, 3.8) is 0 Å². The minimum absolute atomic E-state index is 0.410. The van der Waals surface area contributed by atoms with Crippen molar-refractivity contribution in [2.24, 2.45) is 0 Å². The lowest BCUT2D eigenvalue weighted by molar-refractivity contribution is -0.147. The van der Waals surface area contributed by atoms with Crippen LogP contribution in [-0.2, 0) is 9.53 Å². The number of aryl methyl sites for hydroxylation is 2. The van der Waals surface area contributed by atoms with E-state index in [4.69, 9.17) is 9.15 Å². The highest BCUT2D eigenvalue weighted by atomic mass is 16.6. The zero-order valence-corrected chi connectivity index (χ0v) is 11.9. The summed E-state index contributed by atoms with van der Waals surface area (Å²) in [7, 11) is 1.31. The number of hydrogen-bond acceptors (Lipinski definition) is 5. The third kappa shape index (κ3) is 2.66. The molecule has 0 aliphatic carbocycles. The summed E-state index contributed by atoms with van der Waals surface area (Å²) in [5, 5.41) is 0.686. The third-order valence-electron chi connectivity index (χ3n) is 2.99. The van der Waals surface area contributed by atoms with Crippen LogP contribution in [0.25, 0.3) is 11.0 Å². The van der Waals surface area contributed by atoms with Gasteiger partial charge in [-0.1, -0.05) is 0 Å². The van der Waals surface area contributed by atoms with Crippen molar-refractivity contribution in [1.82, 2.24) is 0 Å². The molecule has 106 valence electrons. The van der Waals surface area contributed by atoms with Gasteiger partial charge < -0.3 is 13.9 Å². The fraction of sp³-hybridized carbons (Fsp3) is 0.333. The summed E-state index contributed by atoms with van der Waals surface area (Å²) in [4.78, 5) is 22.9. The van der Waals surface area contributed by atoms with E-state index in [1.54, 1.807) is 26.0 Å². The molecular weight excluding hydrogens is 260 g/mol. The van der Waals surface area contributed by atoms with E-state index in [0.717, 1.165) is 11.1 Å². The van der Waals surface area contributed by atoms with Gasteiger partial charge in [0.15, 0.2) is 6.10 Å². The van der Waals surface area contributed by atoms with Crippen molar-refractivity contribution in [1.29, 1.82) is 0 Å². The highest BCUT2D eigenvalue weighted by Gasteiger charge is 2.18. The summed E-state index contributed by atoms with van der Waals surface area (Å²) in [5.41, 5.74) is 1.65. The van der Waals surface area contributed by atoms with Crippen molar-refractivity contribution in [2.45, 2.75) is 26.9 Å². The van der Waals surface area contributed by atoms with Crippen LogP contribution in [0.15, 0.2) is 27.4 Å². The Bertz CT molecular complexity index is 714. The number of fused-ring (bicyclic) bond motifs is 1. The van der Waals surface area contributed by atoms with Crippen molar-refractivity contribution < 1.29 is 18.7 Å². The van der Waals surface area contributed by atoms with Gasteiger partial charge in [-0.15, -0.1) is 0 Å². The molecule has 0 spiro atoms. The first-order valence-electron chi connectivity index (χ1n) is 6.22. The van der Waals surface area contributed by atoms with Gasteiger partial charge in [-0.3, -0.25) is 0 Å². The Morgan fingerprint density at radius 3 is 2.60 bits per heavy atom. The molecule has 1 atom stereocenters. The van der Waals surface area contributed by atoms with Gasteiger partial charge in [-0.05, 0) is 44.0 Å². The normalized spacial score (nSPS) is 12.2. The van der Waals surface area contributed by atoms with Gasteiger partial charge in [-0.25, -0.2) is 9.59 Å². The maximum absolute atomic E-state index is 11.5. The SMILES string of the molecule is COC(=O)[C@H](C)Oc1cc(C)cc2oc(=O)cc(C)c12. The maximum atomic E-state index is 11.5. The average Bonchev–Trinajstić information content (AvgIpc) is 2.35. The summed E-state index contributed by atoms with van der Waals surface area (Å²) in [6, 6.07) is 4.96. The summed E-state index contributed by atoms with van der Waals surface area (Å²) < 4.78 is 15.5. The highest BCUT2D eigenvalue weighted by Crippen LogP contribution is 2.30. The number of methoxy groups -OCH3 is 1. The van der Waals surface area contributed by atoms with Crippen molar-refractivity contribution in [3.8, 4) is 5.75 Å². The van der Waals surface area contributed by atoms with Crippen LogP contribution in [-0.4, -0.2) is 19.2 Å². The molecule has 0 fully saturated rings. The van der Waals surface area contributed by atoms with Crippen LogP contribution in [0.3, 0.4) is 0 Å². The van der Waals surface area contributed by atoms with Gasteiger partial charge in [0.2, 0.25) is 0 Å². The Kier molecular flexibility index (Phi) is 3.79. The maximum Gasteiger partial charge on any atom is 0.346 e. The molecule has 1 aromatic heterocycles. The quantitative estimate of drug-likeness (QED) is 0.636. The van der Waals surface area contributed by atoms with Gasteiger partial charge in [-0.2, -0.15) is 0 Å². The number of rotatable bonds is 3. The fourth-order valence-corrected chi connectivity index (χ4v) is 2.07. The van der Waals surface area contributed by atoms with Crippen LogP contribution in [0.1, 0.15) is 18.1 Å². The predicted octanol–water partition coefficient (Wildman–Crippen LogP) is 2.35. The van der Waals surface area contributed by atoms with E-state index in [0.29, 0.717) is 16.7 Å². The minimum Gasteiger partial charge on any atom is -0.478 e. The zero-order chi connectivity index (χ0) is 14.9. The average molecular weight is 276 g/mol. The Morgan fingerprint density at radius 1 is 1.25 bits per heavy atom. The molecule has 1 heterocycles. The summed E-state index contributed by atoms with van der Waals surface area (Å²) in [5.74, 6) is 0.0360. The van der Waals surface area contributed by atoms with Gasteiger partial charge in [0.05, 0.1) is 12.5 Å². The second-order valence-electron chi connectivity index (χ2n) is 4.67. The molecule has 5 nitrogen and oxygen atoms in total. The monoisotopic (exact) mass is 276 g/mol. The first kappa shape index (κ1) is 14.1. The molecular formula is C15H16O5. The van der Waals surface area contributed by atoms with Crippen LogP contribution in [0, 0.1) is 13.8 Å². The lowest BCUT2D eigenvalue weighted by atomic mass is 10.1. The molecule has 0 saturated carbocycles. The molecule has 0 aliphatic heterocycles. The van der Waals surface area contributed by atoms with Gasteiger partial charge in [0.1, 0.15) is 11.3 Å². The molecule has 0 N–H and O–H groups in total. The molecule has 20 heavy (non-hydrogen) atoms. The van der Waals surface area contributed by atoms with Gasteiger partial charge >= 0.3 is 11.6 Å². The van der Waals surface area contributed by atoms with Crippen molar-refractivity contribution in [3.05, 3.63) is 39.7 Å². The number of ether oxygens (including phenoxy) is 2. The molecule has 2 aromatic rings. The van der Waals surface area contributed by atoms with E-state index in [-0.39, 0.29) is 0 Å². The van der Waals surface area contributed by atoms with E-state index in [1.807, 2.05) is 6.92 Å². The standard InChI is InChI=1S/C15H16O5/c1-8-5-11(19-10(3)15(17)18-4)14-9(2)7-13(16)20-12(14)6-8/h5-7,10H,1-4H3/t10-/m0/s1. The van der Waals surface area contributed by atoms with E-state index < -0.39 is 17.7 Å². The Labute approximate surface area is 116 Å². The molecule has 0 radical (unpaired) electrons. The van der Waals surface area contributed by atoms with Crippen LogP contribution < -0.4 is 10.4 Å². The van der Waals surface area contributed by atoms with Crippen molar-refractivity contribution in [2.75, 3.05) is 7.11 Å². The molecule has 2 rings (SSSR count). The number of benzene rings is 1. The predicted molar refractivity (Wildman–Crippen MR) is 74.1 cm³/mol. The lowest BCUT2D eigenvalue weighted by Gasteiger charge is -2.15. The molecule has 0 unspecified atom stereocenters. The van der Waals surface area contributed by atoms with Crippen LogP contribution in [0.5, 0.6) is 5.75 Å². The number of carbonyl (C=O) groups is 1. The number of esters is 1. The Balaban J connectivity index is 2.58. The summed E-state index contributed by atoms with van der Waals surface area (Å²) in [6.07, 6.45) is -0.740. The van der Waals surface area contributed by atoms with Gasteiger partial charge in [0, 0.05) is 6.07 Å². The van der Waals surface area contributed by atoms with Gasteiger partial charge in [0.25, 0.3) is 0 Å². The van der Waals surface area contributed by atoms with E-state index in [2.05, 4.69) is 4.74 Å². The van der Waals surface area contributed by atoms with Crippen molar-refractivity contribution >= 4 is 16.9 Å². The summed E-state index contributed by atoms with van der Waals surface area (Å²) in [6.45, 7) is 5.26. The number of carbonyl (C=O) groups excluding carboxylic acids is 1. The van der Waals surface area contributed by atoms with E-state index in [9.17, 15) is 9.59 Å². The smallest absolute Gasteiger partial charge is 0.346 e. The Hall–Kier alpha value is -2.30. The van der Waals surface area contributed by atoms with Crippen LogP contribution >= 0.6 is 0 Å². The van der Waals surface area contributed by atoms with E-state index in [1.165, 1.54) is 13.2 Å². The second kappa shape index (κ2) is 5.36. The highest BCUT2D eigenvalue weighted by molar-refractivity contribution is 5.88. The molecule has 0 saturated heterocycles. The molecule has 0 amide bonds. The first-order chi connectivity index (χ1) is 9.42. The molecule has 1 aromatic carbocycles. The van der Waals surface area contributed by atoms with Crippen LogP contribution in [0.4, 0.5) is 0 Å². The minimum atomic E-state index is -0.740. The number of hydrogen-bond donors (Lipinski definition) is 0. The molecule has 5 heteroatoms. The molecule has 0 bridgehead atoms.